The van der Waals surface area contributed by atoms with Crippen molar-refractivity contribution in [3.63, 3.8) is 0 Å². The van der Waals surface area contributed by atoms with E-state index in [0.717, 1.165) is 0 Å². The largest absolute Gasteiger partial charge is 0.494 e. The molecule has 0 bridgehead atoms. The van der Waals surface area contributed by atoms with Crippen LogP contribution >= 0.6 is 7.37 Å². The fourth-order valence-corrected chi connectivity index (χ4v) is 3.33. The molecule has 0 fully saturated rings. The van der Waals surface area contributed by atoms with E-state index in [4.69, 9.17) is 9.26 Å². The van der Waals surface area contributed by atoms with Crippen LogP contribution in [0.5, 0.6) is 5.75 Å². The van der Waals surface area contributed by atoms with Gasteiger partial charge >= 0.3 is 0 Å². The van der Waals surface area contributed by atoms with Crippen molar-refractivity contribution in [3.05, 3.63) is 30.3 Å². The molecule has 1 rings (SSSR count). The first-order chi connectivity index (χ1) is 8.66. The molecular weight excluding hydrogens is 251 g/mol. The molecule has 0 aromatic heterocycles. The number of benzene rings is 1. The van der Waals surface area contributed by atoms with Crippen molar-refractivity contribution in [1.29, 1.82) is 0 Å². The van der Waals surface area contributed by atoms with Gasteiger partial charge in [-0.3, -0.25) is 4.57 Å². The Morgan fingerprint density at radius 1 is 1.44 bits per heavy atom. The number of ether oxygens (including phenoxy) is 1. The van der Waals surface area contributed by atoms with Gasteiger partial charge in [0.25, 0.3) is 0 Å². The van der Waals surface area contributed by atoms with Crippen LogP contribution in [0.2, 0.25) is 0 Å². The highest BCUT2D eigenvalue weighted by molar-refractivity contribution is 7.67. The highest BCUT2D eigenvalue weighted by atomic mass is 31.2. The number of rotatable bonds is 7. The maximum atomic E-state index is 12.6. The topological polar surface area (TPSA) is 52.6 Å². The summed E-state index contributed by atoms with van der Waals surface area (Å²) in [6, 6.07) is 7.05. The Bertz CT molecular complexity index is 478. The summed E-state index contributed by atoms with van der Waals surface area (Å²) in [5.41, 5.74) is 0. The molecule has 0 radical (unpaired) electrons. The van der Waals surface area contributed by atoms with Gasteiger partial charge in [-0.1, -0.05) is 6.07 Å². The monoisotopic (exact) mass is 268 g/mol. The molecule has 4 nitrogen and oxygen atoms in total. The van der Waals surface area contributed by atoms with E-state index >= 15 is 0 Å². The van der Waals surface area contributed by atoms with E-state index in [1.54, 1.807) is 30.2 Å². The van der Waals surface area contributed by atoms with Crippen LogP contribution in [0.25, 0.3) is 0 Å². The van der Waals surface area contributed by atoms with E-state index < -0.39 is 7.37 Å². The van der Waals surface area contributed by atoms with Gasteiger partial charge in [-0.2, -0.15) is 0 Å². The standard InChI is InChI=1S/C13H17O4P/c1-3-17-12-7-6-8-13(11-12)18(15,16-2)10-5-4-9-14/h4,6-8,11H,3,5,10H2,1-2H3. The molecular formula is C13H17O4P. The van der Waals surface area contributed by atoms with Crippen molar-refractivity contribution in [2.45, 2.75) is 13.3 Å². The smallest absolute Gasteiger partial charge is 0.232 e. The zero-order valence-corrected chi connectivity index (χ0v) is 11.5. The van der Waals surface area contributed by atoms with Gasteiger partial charge in [0.1, 0.15) is 11.7 Å². The van der Waals surface area contributed by atoms with Gasteiger partial charge in [0.2, 0.25) is 7.37 Å². The van der Waals surface area contributed by atoms with Gasteiger partial charge in [0, 0.05) is 24.7 Å². The third-order valence-corrected chi connectivity index (χ3v) is 4.97. The summed E-state index contributed by atoms with van der Waals surface area (Å²) in [4.78, 5) is 10.1. The molecule has 1 aromatic carbocycles. The second-order valence-electron chi connectivity index (χ2n) is 3.62. The summed E-state index contributed by atoms with van der Waals surface area (Å²) in [5, 5.41) is 0.607. The van der Waals surface area contributed by atoms with Crippen molar-refractivity contribution >= 4 is 18.6 Å². The Kier molecular flexibility index (Phi) is 5.87. The SMILES string of the molecule is CCOc1cccc(P(=O)(CCC=C=O)OC)c1. The molecule has 1 unspecified atom stereocenters. The highest BCUT2D eigenvalue weighted by Crippen LogP contribution is 2.45. The maximum absolute atomic E-state index is 12.6. The Balaban J connectivity index is 2.95. The van der Waals surface area contributed by atoms with Gasteiger partial charge in [-0.05, 0) is 31.5 Å². The third-order valence-electron chi connectivity index (χ3n) is 2.47. The molecule has 5 heteroatoms. The average Bonchev–Trinajstić information content (AvgIpc) is 2.39. The predicted octanol–water partition coefficient (Wildman–Crippen LogP) is 2.41. The van der Waals surface area contributed by atoms with Crippen LogP contribution in [0, 0.1) is 0 Å². The lowest BCUT2D eigenvalue weighted by Gasteiger charge is -2.16. The second-order valence-corrected chi connectivity index (χ2v) is 6.30. The minimum absolute atomic E-state index is 0.286. The predicted molar refractivity (Wildman–Crippen MR) is 71.6 cm³/mol. The third kappa shape index (κ3) is 3.85. The molecule has 1 aromatic rings. The van der Waals surface area contributed by atoms with Crippen molar-refractivity contribution in [1.82, 2.24) is 0 Å². The molecule has 0 N–H and O–H groups in total. The molecule has 0 aliphatic carbocycles. The Morgan fingerprint density at radius 2 is 2.22 bits per heavy atom. The average molecular weight is 268 g/mol. The zero-order chi connectivity index (χ0) is 13.4. The van der Waals surface area contributed by atoms with Crippen LogP contribution in [-0.2, 0) is 13.9 Å². The molecule has 0 spiro atoms. The van der Waals surface area contributed by atoms with Gasteiger partial charge in [0.15, 0.2) is 0 Å². The molecule has 0 saturated heterocycles. The molecule has 0 saturated carbocycles. The van der Waals surface area contributed by atoms with Crippen LogP contribution < -0.4 is 10.0 Å². The first-order valence-electron chi connectivity index (χ1n) is 5.74. The molecule has 0 amide bonds. The molecule has 0 aliphatic heterocycles. The van der Waals surface area contributed by atoms with Gasteiger partial charge in [0.05, 0.1) is 6.61 Å². The van der Waals surface area contributed by atoms with Gasteiger partial charge in [-0.15, -0.1) is 0 Å². The molecule has 98 valence electrons. The number of carbonyl (C=O) groups excluding carboxylic acids is 1. The van der Waals surface area contributed by atoms with E-state index in [2.05, 4.69) is 0 Å². The van der Waals surface area contributed by atoms with Gasteiger partial charge in [-0.25, -0.2) is 4.79 Å². The highest BCUT2D eigenvalue weighted by Gasteiger charge is 2.24. The summed E-state index contributed by atoms with van der Waals surface area (Å²) in [6.07, 6.45) is 1.99. The van der Waals surface area contributed by atoms with Gasteiger partial charge < -0.3 is 9.26 Å². The fraction of sp³-hybridized carbons (Fsp3) is 0.385. The van der Waals surface area contributed by atoms with Crippen LogP contribution in [0.15, 0.2) is 30.3 Å². The minimum Gasteiger partial charge on any atom is -0.494 e. The summed E-state index contributed by atoms with van der Waals surface area (Å²) < 4.78 is 23.1. The van der Waals surface area contributed by atoms with Crippen molar-refractivity contribution in [2.24, 2.45) is 0 Å². The lowest BCUT2D eigenvalue weighted by Crippen LogP contribution is -2.09. The lowest BCUT2D eigenvalue weighted by atomic mass is 10.3. The quantitative estimate of drug-likeness (QED) is 0.563. The van der Waals surface area contributed by atoms with Crippen LogP contribution in [0.1, 0.15) is 13.3 Å². The fourth-order valence-electron chi connectivity index (χ4n) is 1.57. The molecule has 1 atom stereocenters. The minimum atomic E-state index is -2.92. The Hall–Kier alpha value is -1.34. The maximum Gasteiger partial charge on any atom is 0.232 e. The van der Waals surface area contributed by atoms with Crippen LogP contribution in [0.4, 0.5) is 0 Å². The van der Waals surface area contributed by atoms with Crippen LogP contribution in [0.3, 0.4) is 0 Å². The van der Waals surface area contributed by atoms with Crippen molar-refractivity contribution < 1.29 is 18.6 Å². The Labute approximate surface area is 107 Å². The summed E-state index contributed by atoms with van der Waals surface area (Å²) in [6.45, 7) is 2.44. The van der Waals surface area contributed by atoms with E-state index in [1.165, 1.54) is 13.2 Å². The molecule has 18 heavy (non-hydrogen) atoms. The van der Waals surface area contributed by atoms with Crippen molar-refractivity contribution in [2.75, 3.05) is 19.9 Å². The van der Waals surface area contributed by atoms with E-state index in [9.17, 15) is 9.36 Å². The first-order valence-corrected chi connectivity index (χ1v) is 7.55. The number of hydrogen-bond acceptors (Lipinski definition) is 4. The summed E-state index contributed by atoms with van der Waals surface area (Å²) in [5.74, 6) is 2.34. The molecule has 0 aliphatic rings. The lowest BCUT2D eigenvalue weighted by molar-refractivity contribution is 0.340. The Morgan fingerprint density at radius 3 is 2.83 bits per heavy atom. The number of hydrogen-bond donors (Lipinski definition) is 0. The van der Waals surface area contributed by atoms with E-state index in [-0.39, 0.29) is 6.16 Å². The summed E-state index contributed by atoms with van der Waals surface area (Å²) >= 11 is 0. The summed E-state index contributed by atoms with van der Waals surface area (Å²) in [7, 11) is -1.51. The zero-order valence-electron chi connectivity index (χ0n) is 10.6. The van der Waals surface area contributed by atoms with Crippen LogP contribution in [-0.4, -0.2) is 25.8 Å². The second kappa shape index (κ2) is 7.17. The number of allylic oxidation sites excluding steroid dienone is 1. The molecule has 0 heterocycles. The normalized spacial score (nSPS) is 13.4. The van der Waals surface area contributed by atoms with Crippen molar-refractivity contribution in [3.8, 4) is 5.75 Å². The van der Waals surface area contributed by atoms with E-state index in [1.807, 2.05) is 6.92 Å². The first kappa shape index (κ1) is 14.7. The van der Waals surface area contributed by atoms with E-state index in [0.29, 0.717) is 24.1 Å².